The summed E-state index contributed by atoms with van der Waals surface area (Å²) >= 11 is 0. The largest absolute Gasteiger partial charge is 0.352 e. The Bertz CT molecular complexity index is 1090. The molecule has 0 fully saturated rings. The standard InChI is InChI=1S/C25H25N3O3/c1-17-7-8-20(15-18(17)2)24(30)21-5-3-4-6-22(21)25(31)27-14-11-23(29)28-16-19-9-12-26-13-10-19/h3-10,12-13,15H,11,14,16H2,1-2H3,(H,27,31)(H,28,29). The van der Waals surface area contributed by atoms with Gasteiger partial charge < -0.3 is 10.6 Å². The summed E-state index contributed by atoms with van der Waals surface area (Å²) in [6.45, 7) is 4.51. The van der Waals surface area contributed by atoms with E-state index in [9.17, 15) is 14.4 Å². The Kier molecular flexibility index (Phi) is 7.27. The summed E-state index contributed by atoms with van der Waals surface area (Å²) in [7, 11) is 0. The first kappa shape index (κ1) is 21.9. The number of nitrogens with zero attached hydrogens (tertiary/aromatic N) is 1. The van der Waals surface area contributed by atoms with Gasteiger partial charge in [0.05, 0.1) is 5.56 Å². The number of carbonyl (C=O) groups is 3. The molecular formula is C25H25N3O3. The maximum atomic E-state index is 13.0. The van der Waals surface area contributed by atoms with Crippen molar-refractivity contribution >= 4 is 17.6 Å². The van der Waals surface area contributed by atoms with Gasteiger partial charge in [0, 0.05) is 43.0 Å². The summed E-state index contributed by atoms with van der Waals surface area (Å²) < 4.78 is 0. The fraction of sp³-hybridized carbons (Fsp3) is 0.200. The van der Waals surface area contributed by atoms with Crippen LogP contribution in [0.25, 0.3) is 0 Å². The zero-order valence-electron chi connectivity index (χ0n) is 17.6. The molecule has 0 saturated carbocycles. The van der Waals surface area contributed by atoms with E-state index in [1.165, 1.54) is 0 Å². The number of rotatable bonds is 8. The maximum Gasteiger partial charge on any atom is 0.252 e. The summed E-state index contributed by atoms with van der Waals surface area (Å²) in [6, 6.07) is 15.9. The average Bonchev–Trinajstić information content (AvgIpc) is 2.79. The molecule has 0 spiro atoms. The molecule has 1 aromatic heterocycles. The van der Waals surface area contributed by atoms with Crippen LogP contribution >= 0.6 is 0 Å². The zero-order chi connectivity index (χ0) is 22.2. The Morgan fingerprint density at radius 1 is 0.839 bits per heavy atom. The van der Waals surface area contributed by atoms with E-state index >= 15 is 0 Å². The molecule has 31 heavy (non-hydrogen) atoms. The summed E-state index contributed by atoms with van der Waals surface area (Å²) in [5, 5.41) is 5.53. The molecule has 0 radical (unpaired) electrons. The molecule has 0 bridgehead atoms. The lowest BCUT2D eigenvalue weighted by Crippen LogP contribution is -2.31. The van der Waals surface area contributed by atoms with Gasteiger partial charge in [-0.2, -0.15) is 0 Å². The van der Waals surface area contributed by atoms with E-state index in [0.29, 0.717) is 23.2 Å². The number of aryl methyl sites for hydroxylation is 2. The zero-order valence-corrected chi connectivity index (χ0v) is 17.6. The Morgan fingerprint density at radius 2 is 1.55 bits per heavy atom. The van der Waals surface area contributed by atoms with Gasteiger partial charge in [-0.15, -0.1) is 0 Å². The van der Waals surface area contributed by atoms with Gasteiger partial charge in [0.25, 0.3) is 5.91 Å². The molecular weight excluding hydrogens is 390 g/mol. The van der Waals surface area contributed by atoms with Gasteiger partial charge in [-0.25, -0.2) is 0 Å². The number of nitrogens with one attached hydrogen (secondary N) is 2. The topological polar surface area (TPSA) is 88.2 Å². The second kappa shape index (κ2) is 10.3. The molecule has 3 rings (SSSR count). The lowest BCUT2D eigenvalue weighted by atomic mass is 9.95. The van der Waals surface area contributed by atoms with Gasteiger partial charge in [-0.05, 0) is 54.8 Å². The molecule has 0 atom stereocenters. The minimum atomic E-state index is -0.380. The third kappa shape index (κ3) is 5.85. The molecule has 158 valence electrons. The number of ketones is 1. The maximum absolute atomic E-state index is 13.0. The molecule has 0 saturated heterocycles. The number of hydrogen-bond acceptors (Lipinski definition) is 4. The van der Waals surface area contributed by atoms with E-state index in [2.05, 4.69) is 15.6 Å². The second-order valence-electron chi connectivity index (χ2n) is 7.31. The van der Waals surface area contributed by atoms with Crippen LogP contribution in [0.1, 0.15) is 49.4 Å². The lowest BCUT2D eigenvalue weighted by molar-refractivity contribution is -0.121. The van der Waals surface area contributed by atoms with E-state index in [4.69, 9.17) is 0 Å². The smallest absolute Gasteiger partial charge is 0.252 e. The molecule has 3 aromatic rings. The Hall–Kier alpha value is -3.80. The first-order valence-corrected chi connectivity index (χ1v) is 10.1. The van der Waals surface area contributed by atoms with Gasteiger partial charge >= 0.3 is 0 Å². The predicted molar refractivity (Wildman–Crippen MR) is 119 cm³/mol. The van der Waals surface area contributed by atoms with E-state index in [-0.39, 0.29) is 30.6 Å². The van der Waals surface area contributed by atoms with Gasteiger partial charge in [0.15, 0.2) is 5.78 Å². The van der Waals surface area contributed by atoms with Crippen LogP contribution in [0.2, 0.25) is 0 Å². The van der Waals surface area contributed by atoms with Crippen molar-refractivity contribution in [1.29, 1.82) is 0 Å². The summed E-state index contributed by atoms with van der Waals surface area (Å²) in [4.78, 5) is 41.6. The first-order valence-electron chi connectivity index (χ1n) is 10.1. The second-order valence-corrected chi connectivity index (χ2v) is 7.31. The van der Waals surface area contributed by atoms with Crippen LogP contribution in [-0.4, -0.2) is 29.1 Å². The first-order chi connectivity index (χ1) is 15.0. The highest BCUT2D eigenvalue weighted by atomic mass is 16.2. The van der Waals surface area contributed by atoms with Crippen molar-refractivity contribution in [3.63, 3.8) is 0 Å². The number of benzene rings is 2. The third-order valence-corrected chi connectivity index (χ3v) is 5.06. The average molecular weight is 415 g/mol. The molecule has 0 unspecified atom stereocenters. The summed E-state index contributed by atoms with van der Waals surface area (Å²) in [5.41, 5.74) is 4.24. The number of pyridine rings is 1. The Balaban J connectivity index is 1.59. The molecule has 6 heteroatoms. The number of aromatic nitrogens is 1. The molecule has 6 nitrogen and oxygen atoms in total. The summed E-state index contributed by atoms with van der Waals surface area (Å²) in [6.07, 6.45) is 3.47. The van der Waals surface area contributed by atoms with Crippen LogP contribution < -0.4 is 10.6 Å². The van der Waals surface area contributed by atoms with Crippen LogP contribution in [0, 0.1) is 13.8 Å². The third-order valence-electron chi connectivity index (χ3n) is 5.06. The molecule has 0 aliphatic heterocycles. The van der Waals surface area contributed by atoms with E-state index in [1.807, 2.05) is 38.1 Å². The van der Waals surface area contributed by atoms with E-state index in [0.717, 1.165) is 16.7 Å². The van der Waals surface area contributed by atoms with Crippen LogP contribution in [0.4, 0.5) is 0 Å². The van der Waals surface area contributed by atoms with Crippen molar-refractivity contribution in [1.82, 2.24) is 15.6 Å². The minimum absolute atomic E-state index is 0.143. The number of amides is 2. The quantitative estimate of drug-likeness (QED) is 0.552. The van der Waals surface area contributed by atoms with Gasteiger partial charge in [-0.1, -0.05) is 30.3 Å². The molecule has 2 N–H and O–H groups in total. The highest BCUT2D eigenvalue weighted by molar-refractivity contribution is 6.15. The molecule has 1 heterocycles. The van der Waals surface area contributed by atoms with Crippen LogP contribution in [0.3, 0.4) is 0 Å². The van der Waals surface area contributed by atoms with Crippen molar-refractivity contribution in [3.8, 4) is 0 Å². The van der Waals surface area contributed by atoms with Crippen molar-refractivity contribution in [2.45, 2.75) is 26.8 Å². The van der Waals surface area contributed by atoms with Crippen LogP contribution in [0.15, 0.2) is 67.0 Å². The monoisotopic (exact) mass is 415 g/mol. The Labute approximate surface area is 181 Å². The van der Waals surface area contributed by atoms with E-state index < -0.39 is 0 Å². The van der Waals surface area contributed by atoms with Crippen molar-refractivity contribution in [2.24, 2.45) is 0 Å². The number of carbonyl (C=O) groups excluding carboxylic acids is 3. The van der Waals surface area contributed by atoms with Crippen LogP contribution in [-0.2, 0) is 11.3 Å². The molecule has 2 amide bonds. The number of hydrogen-bond donors (Lipinski definition) is 2. The molecule has 0 aliphatic rings. The fourth-order valence-corrected chi connectivity index (χ4v) is 3.09. The van der Waals surface area contributed by atoms with Gasteiger partial charge in [0.1, 0.15) is 0 Å². The SMILES string of the molecule is Cc1ccc(C(=O)c2ccccc2C(=O)NCCC(=O)NCc2ccncc2)cc1C. The molecule has 0 aliphatic carbocycles. The normalized spacial score (nSPS) is 10.4. The highest BCUT2D eigenvalue weighted by Crippen LogP contribution is 2.17. The van der Waals surface area contributed by atoms with Gasteiger partial charge in [-0.3, -0.25) is 19.4 Å². The Morgan fingerprint density at radius 3 is 2.26 bits per heavy atom. The lowest BCUT2D eigenvalue weighted by Gasteiger charge is -2.11. The van der Waals surface area contributed by atoms with Crippen molar-refractivity contribution in [3.05, 3.63) is 100 Å². The van der Waals surface area contributed by atoms with E-state index in [1.54, 1.807) is 42.7 Å². The predicted octanol–water partition coefficient (Wildman–Crippen LogP) is 3.37. The minimum Gasteiger partial charge on any atom is -0.352 e. The summed E-state index contributed by atoms with van der Waals surface area (Å²) in [5.74, 6) is -0.754. The van der Waals surface area contributed by atoms with Crippen LogP contribution in [0.5, 0.6) is 0 Å². The fourth-order valence-electron chi connectivity index (χ4n) is 3.09. The molecule has 2 aromatic carbocycles. The van der Waals surface area contributed by atoms with Gasteiger partial charge in [0.2, 0.25) is 5.91 Å². The van der Waals surface area contributed by atoms with Crippen molar-refractivity contribution in [2.75, 3.05) is 6.54 Å². The highest BCUT2D eigenvalue weighted by Gasteiger charge is 2.18. The van der Waals surface area contributed by atoms with Crippen molar-refractivity contribution < 1.29 is 14.4 Å².